The average Bonchev–Trinajstić information content (AvgIpc) is 3.23. The summed E-state index contributed by atoms with van der Waals surface area (Å²) in [6, 6.07) is 28.5. The van der Waals surface area contributed by atoms with Crippen molar-refractivity contribution in [1.29, 1.82) is 0 Å². The van der Waals surface area contributed by atoms with Crippen LogP contribution in [-0.2, 0) is 12.4 Å². The minimum absolute atomic E-state index is 0.268. The van der Waals surface area contributed by atoms with Gasteiger partial charge in [-0.25, -0.2) is 19.9 Å². The lowest BCUT2D eigenvalue weighted by atomic mass is 9.99. The summed E-state index contributed by atoms with van der Waals surface area (Å²) in [5, 5.41) is 8.48. The van der Waals surface area contributed by atoms with E-state index in [1.54, 1.807) is 24.3 Å². The summed E-state index contributed by atoms with van der Waals surface area (Å²) in [5.74, 6) is 3.04. The topological polar surface area (TPSA) is 75.6 Å². The van der Waals surface area contributed by atoms with E-state index in [0.29, 0.717) is 50.2 Å². The maximum Gasteiger partial charge on any atom is 0.416 e. The Labute approximate surface area is 373 Å². The molecule has 5 aromatic carbocycles. The highest BCUT2D eigenvalue weighted by atomic mass is 79.9. The molecule has 0 amide bonds. The minimum Gasteiger partial charge on any atom is -0.369 e. The lowest BCUT2D eigenvalue weighted by molar-refractivity contribution is -0.138. The molecular weight excluding hydrogens is 878 g/mol. The van der Waals surface area contributed by atoms with E-state index in [2.05, 4.69) is 64.2 Å². The molecule has 6 nitrogen and oxygen atoms in total. The van der Waals surface area contributed by atoms with Gasteiger partial charge in [0, 0.05) is 39.5 Å². The van der Waals surface area contributed by atoms with Gasteiger partial charge in [-0.2, -0.15) is 26.3 Å². The van der Waals surface area contributed by atoms with Gasteiger partial charge < -0.3 is 10.6 Å². The van der Waals surface area contributed by atoms with Crippen LogP contribution in [0, 0.1) is 25.7 Å². The molecule has 0 aliphatic carbocycles. The number of benzene rings is 5. The van der Waals surface area contributed by atoms with E-state index in [0.717, 1.165) is 89.9 Å². The van der Waals surface area contributed by atoms with Crippen LogP contribution in [-0.4, -0.2) is 33.0 Å². The Morgan fingerprint density at radius 1 is 0.508 bits per heavy atom. The number of rotatable bonds is 13. The Balaban J connectivity index is 0.000000213. The number of anilines is 2. The number of aromatic nitrogens is 4. The Kier molecular flexibility index (Phi) is 15.1. The molecule has 63 heavy (non-hydrogen) atoms. The molecule has 7 aromatic rings. The largest absolute Gasteiger partial charge is 0.416 e. The Hall–Kier alpha value is -5.56. The molecule has 0 atom stereocenters. The van der Waals surface area contributed by atoms with E-state index in [-0.39, 0.29) is 11.6 Å². The molecule has 0 saturated heterocycles. The minimum atomic E-state index is -4.48. The third-order valence-corrected chi connectivity index (χ3v) is 10.9. The number of nitrogens with one attached hydrogen (secondary N) is 2. The van der Waals surface area contributed by atoms with E-state index in [4.69, 9.17) is 9.97 Å². The third-order valence-electron chi connectivity index (χ3n) is 10.5. The molecule has 0 saturated carbocycles. The Bertz CT molecular complexity index is 2660. The summed E-state index contributed by atoms with van der Waals surface area (Å²) in [4.78, 5) is 18.6. The molecule has 0 aliphatic rings. The third kappa shape index (κ3) is 12.3. The smallest absolute Gasteiger partial charge is 0.369 e. The van der Waals surface area contributed by atoms with Crippen molar-refractivity contribution < 1.29 is 26.3 Å². The second-order valence-corrected chi connectivity index (χ2v) is 17.5. The van der Waals surface area contributed by atoms with Crippen LogP contribution in [0.1, 0.15) is 75.6 Å². The molecule has 2 heterocycles. The number of nitrogens with zero attached hydrogens (tertiary/aromatic N) is 4. The maximum atomic E-state index is 13.8. The molecule has 2 N–H and O–H groups in total. The van der Waals surface area contributed by atoms with Crippen LogP contribution in [0.2, 0.25) is 0 Å². The fourth-order valence-corrected chi connectivity index (χ4v) is 7.65. The standard InChI is InChI=1S/C28H28F3N3.C22H23BrF3N3/c1-18(2)9-8-14-32-27-24-13-7-10-19(3)25(24)33-26(34-27)22-15-21(20-11-5-4-6-12-20)16-23(17-22)28(29,30)31;1-13(2)6-5-9-27-21-18-8-4-7-14(3)19(18)28-20(29-21)15-10-16(22(24,25)26)12-17(23)11-15/h4-7,10-13,15-18H,8-9,14H2,1-3H3,(H,32,33,34);4,7-8,10-13H,5-6,9H2,1-3H3,(H,27,28,29). The van der Waals surface area contributed by atoms with Gasteiger partial charge in [0.25, 0.3) is 0 Å². The quantitative estimate of drug-likeness (QED) is 0.0886. The zero-order chi connectivity index (χ0) is 45.5. The van der Waals surface area contributed by atoms with Gasteiger partial charge in [0.15, 0.2) is 11.6 Å². The zero-order valence-electron chi connectivity index (χ0n) is 36.1. The van der Waals surface area contributed by atoms with Crippen LogP contribution in [0.15, 0.2) is 108 Å². The first kappa shape index (κ1) is 46.9. The number of hydrogen-bond donors (Lipinski definition) is 2. The number of fused-ring (bicyclic) bond motifs is 2. The van der Waals surface area contributed by atoms with E-state index in [1.807, 2.05) is 68.4 Å². The summed E-state index contributed by atoms with van der Waals surface area (Å²) < 4.78 is 81.5. The summed E-state index contributed by atoms with van der Waals surface area (Å²) in [7, 11) is 0. The second kappa shape index (κ2) is 20.3. The van der Waals surface area contributed by atoms with Gasteiger partial charge in [0.2, 0.25) is 0 Å². The van der Waals surface area contributed by atoms with Crippen molar-refractivity contribution in [3.05, 3.63) is 130 Å². The number of alkyl halides is 6. The van der Waals surface area contributed by atoms with Crippen LogP contribution in [0.4, 0.5) is 38.0 Å². The summed E-state index contributed by atoms with van der Waals surface area (Å²) in [6.45, 7) is 14.1. The van der Waals surface area contributed by atoms with Crippen molar-refractivity contribution in [3.63, 3.8) is 0 Å². The lowest BCUT2D eigenvalue weighted by Crippen LogP contribution is -2.08. The van der Waals surface area contributed by atoms with Gasteiger partial charge in [-0.05, 0) is 122 Å². The molecule has 7 rings (SSSR count). The monoisotopic (exact) mass is 928 g/mol. The van der Waals surface area contributed by atoms with Gasteiger partial charge in [-0.3, -0.25) is 0 Å². The van der Waals surface area contributed by atoms with Gasteiger partial charge in [-0.1, -0.05) is 98.2 Å². The lowest BCUT2D eigenvalue weighted by Gasteiger charge is -2.15. The summed E-state index contributed by atoms with van der Waals surface area (Å²) >= 11 is 3.18. The zero-order valence-corrected chi connectivity index (χ0v) is 37.7. The normalized spacial score (nSPS) is 11.9. The van der Waals surface area contributed by atoms with Crippen LogP contribution >= 0.6 is 15.9 Å². The van der Waals surface area contributed by atoms with Gasteiger partial charge in [-0.15, -0.1) is 0 Å². The van der Waals surface area contributed by atoms with Crippen LogP contribution < -0.4 is 10.6 Å². The molecule has 0 radical (unpaired) electrons. The molecule has 0 aliphatic heterocycles. The number of hydrogen-bond acceptors (Lipinski definition) is 6. The fourth-order valence-electron chi connectivity index (χ4n) is 7.15. The first-order valence-electron chi connectivity index (χ1n) is 21.1. The van der Waals surface area contributed by atoms with Crippen molar-refractivity contribution >= 4 is 49.4 Å². The fraction of sp³-hybridized carbons (Fsp3) is 0.320. The second-order valence-electron chi connectivity index (χ2n) is 16.5. The maximum absolute atomic E-state index is 13.8. The molecule has 0 bridgehead atoms. The predicted molar refractivity (Wildman–Crippen MR) is 248 cm³/mol. The molecule has 13 heteroatoms. The molecule has 0 spiro atoms. The van der Waals surface area contributed by atoms with Crippen molar-refractivity contribution in [2.24, 2.45) is 11.8 Å². The van der Waals surface area contributed by atoms with Crippen molar-refractivity contribution in [2.75, 3.05) is 23.7 Å². The highest BCUT2D eigenvalue weighted by molar-refractivity contribution is 9.10. The predicted octanol–water partition coefficient (Wildman–Crippen LogP) is 15.4. The van der Waals surface area contributed by atoms with E-state index < -0.39 is 23.5 Å². The molecular formula is C50H51BrF6N6. The van der Waals surface area contributed by atoms with Crippen LogP contribution in [0.3, 0.4) is 0 Å². The van der Waals surface area contributed by atoms with Crippen molar-refractivity contribution in [1.82, 2.24) is 19.9 Å². The van der Waals surface area contributed by atoms with Gasteiger partial charge >= 0.3 is 12.4 Å². The highest BCUT2D eigenvalue weighted by Gasteiger charge is 2.33. The molecule has 330 valence electrons. The van der Waals surface area contributed by atoms with Crippen molar-refractivity contribution in [3.8, 4) is 33.9 Å². The highest BCUT2D eigenvalue weighted by Crippen LogP contribution is 2.38. The van der Waals surface area contributed by atoms with Crippen molar-refractivity contribution in [2.45, 2.75) is 79.6 Å². The number of para-hydroxylation sites is 2. The first-order valence-corrected chi connectivity index (χ1v) is 21.9. The van der Waals surface area contributed by atoms with E-state index in [1.165, 1.54) is 6.07 Å². The van der Waals surface area contributed by atoms with Gasteiger partial charge in [0.1, 0.15) is 11.6 Å². The van der Waals surface area contributed by atoms with Crippen LogP contribution in [0.25, 0.3) is 55.7 Å². The van der Waals surface area contributed by atoms with Gasteiger partial charge in [0.05, 0.1) is 22.2 Å². The molecule has 0 unspecified atom stereocenters. The Morgan fingerprint density at radius 2 is 0.952 bits per heavy atom. The average molecular weight is 930 g/mol. The van der Waals surface area contributed by atoms with E-state index in [9.17, 15) is 26.3 Å². The van der Waals surface area contributed by atoms with E-state index >= 15 is 0 Å². The first-order chi connectivity index (χ1) is 29.9. The number of halogens is 7. The molecule has 0 fully saturated rings. The Morgan fingerprint density at radius 3 is 1.41 bits per heavy atom. The summed E-state index contributed by atoms with van der Waals surface area (Å²) in [5.41, 5.74) is 3.75. The van der Waals surface area contributed by atoms with Crippen LogP contribution in [0.5, 0.6) is 0 Å². The molecule has 2 aromatic heterocycles. The summed E-state index contributed by atoms with van der Waals surface area (Å²) in [6.07, 6.45) is -4.79. The number of aryl methyl sites for hydroxylation is 2. The SMILES string of the molecule is Cc1cccc2c(NCCCC(C)C)nc(-c3cc(-c4ccccc4)cc(C(F)(F)F)c3)nc12.Cc1cccc2c(NCCCC(C)C)nc(-c3cc(Br)cc(C(F)(F)F)c3)nc12.